The van der Waals surface area contributed by atoms with E-state index in [1.165, 1.54) is 24.8 Å². The zero-order valence-corrected chi connectivity index (χ0v) is 14.1. The van der Waals surface area contributed by atoms with Crippen LogP contribution in [-0.2, 0) is 4.79 Å². The Morgan fingerprint density at radius 2 is 1.95 bits per heavy atom. The molecule has 1 aromatic rings. The van der Waals surface area contributed by atoms with Crippen LogP contribution in [0.3, 0.4) is 0 Å². The first kappa shape index (κ1) is 14.4. The van der Waals surface area contributed by atoms with Crippen LogP contribution in [0.5, 0.6) is 0 Å². The molecule has 0 heterocycles. The summed E-state index contributed by atoms with van der Waals surface area (Å²) < 4.78 is 0.598. The fraction of sp³-hybridized carbons (Fsp3) is 0.588. The van der Waals surface area contributed by atoms with Gasteiger partial charge in [0.15, 0.2) is 0 Å². The zero-order valence-electron chi connectivity index (χ0n) is 12.0. The van der Waals surface area contributed by atoms with E-state index < -0.39 is 0 Å². The van der Waals surface area contributed by atoms with Gasteiger partial charge in [-0.3, -0.25) is 4.79 Å². The van der Waals surface area contributed by atoms with Crippen LogP contribution in [-0.4, -0.2) is 27.8 Å². The molecule has 2 aliphatic rings. The van der Waals surface area contributed by atoms with Crippen LogP contribution in [0.1, 0.15) is 37.7 Å². The van der Waals surface area contributed by atoms with Gasteiger partial charge in [0.25, 0.3) is 0 Å². The van der Waals surface area contributed by atoms with Crippen molar-refractivity contribution in [1.82, 2.24) is 4.90 Å². The first-order valence-corrected chi connectivity index (χ1v) is 9.19. The number of rotatable bonds is 4. The van der Waals surface area contributed by atoms with Crippen molar-refractivity contribution in [3.8, 4) is 0 Å². The van der Waals surface area contributed by atoms with Crippen LogP contribution in [0, 0.1) is 11.8 Å². The molecule has 0 N–H and O–H groups in total. The van der Waals surface area contributed by atoms with Gasteiger partial charge in [-0.15, -0.1) is 0 Å². The van der Waals surface area contributed by atoms with E-state index in [0.29, 0.717) is 22.3 Å². The van der Waals surface area contributed by atoms with Crippen molar-refractivity contribution in [3.63, 3.8) is 0 Å². The van der Waals surface area contributed by atoms with Crippen molar-refractivity contribution in [2.45, 2.75) is 38.1 Å². The fourth-order valence-electron chi connectivity index (χ4n) is 4.48. The Balaban J connectivity index is 1.93. The molecule has 1 aromatic carbocycles. The first-order chi connectivity index (χ1) is 9.76. The molecular formula is C17H22INO. The molecule has 3 heteroatoms. The number of hydrogen-bond acceptors (Lipinski definition) is 1. The van der Waals surface area contributed by atoms with E-state index in [1.807, 2.05) is 0 Å². The maximum absolute atomic E-state index is 12.3. The minimum atomic E-state index is 0.312. The molecule has 0 aliphatic heterocycles. The topological polar surface area (TPSA) is 20.3 Å². The summed E-state index contributed by atoms with van der Waals surface area (Å²) in [6, 6.07) is 11.3. The Bertz CT molecular complexity index is 475. The Hall–Kier alpha value is -0.580. The minimum Gasteiger partial charge on any atom is -0.338 e. The maximum Gasteiger partial charge on any atom is 0.232 e. The average molecular weight is 383 g/mol. The van der Waals surface area contributed by atoms with Gasteiger partial charge in [0.2, 0.25) is 5.91 Å². The highest BCUT2D eigenvalue weighted by molar-refractivity contribution is 14.1. The summed E-state index contributed by atoms with van der Waals surface area (Å²) in [5, 5.41) is 0. The molecule has 4 unspecified atom stereocenters. The predicted molar refractivity (Wildman–Crippen MR) is 90.1 cm³/mol. The quantitative estimate of drug-likeness (QED) is 0.571. The van der Waals surface area contributed by atoms with Gasteiger partial charge in [0.1, 0.15) is 0 Å². The molecule has 2 saturated carbocycles. The summed E-state index contributed by atoms with van der Waals surface area (Å²) in [6.45, 7) is 2.97. The van der Waals surface area contributed by atoms with Crippen LogP contribution >= 0.6 is 22.6 Å². The molecule has 20 heavy (non-hydrogen) atoms. The number of fused-ring (bicyclic) bond motifs is 2. The van der Waals surface area contributed by atoms with Gasteiger partial charge < -0.3 is 4.90 Å². The molecule has 2 bridgehead atoms. The van der Waals surface area contributed by atoms with E-state index in [0.717, 1.165) is 18.4 Å². The third kappa shape index (κ3) is 2.38. The van der Waals surface area contributed by atoms with Gasteiger partial charge >= 0.3 is 0 Å². The van der Waals surface area contributed by atoms with Crippen molar-refractivity contribution in [3.05, 3.63) is 35.9 Å². The Labute approximate surface area is 135 Å². The Morgan fingerprint density at radius 3 is 2.60 bits per heavy atom. The first-order valence-electron chi connectivity index (χ1n) is 7.66. The molecule has 0 spiro atoms. The molecule has 0 radical (unpaired) electrons. The monoisotopic (exact) mass is 383 g/mol. The lowest BCUT2D eigenvalue weighted by atomic mass is 9.79. The summed E-state index contributed by atoms with van der Waals surface area (Å²) in [7, 11) is 0. The second-order valence-corrected chi connectivity index (χ2v) is 6.84. The molecule has 3 rings (SSSR count). The molecule has 1 amide bonds. The summed E-state index contributed by atoms with van der Waals surface area (Å²) in [4.78, 5) is 14.5. The lowest BCUT2D eigenvalue weighted by molar-refractivity contribution is -0.131. The lowest BCUT2D eigenvalue weighted by Gasteiger charge is -2.39. The summed E-state index contributed by atoms with van der Waals surface area (Å²) in [5.41, 5.74) is 1.43. The van der Waals surface area contributed by atoms with Gasteiger partial charge in [-0.1, -0.05) is 52.9 Å². The zero-order chi connectivity index (χ0) is 14.1. The van der Waals surface area contributed by atoms with Crippen molar-refractivity contribution < 1.29 is 4.79 Å². The van der Waals surface area contributed by atoms with E-state index in [1.54, 1.807) is 0 Å². The number of carbonyl (C=O) groups is 1. The number of alkyl halides is 1. The molecule has 108 valence electrons. The van der Waals surface area contributed by atoms with Crippen molar-refractivity contribution in [2.75, 3.05) is 11.0 Å². The number of nitrogens with zero attached hydrogens (tertiary/aromatic N) is 1. The van der Waals surface area contributed by atoms with Crippen molar-refractivity contribution >= 4 is 28.5 Å². The highest BCUT2D eigenvalue weighted by Crippen LogP contribution is 2.54. The number of amides is 1. The van der Waals surface area contributed by atoms with Crippen LogP contribution < -0.4 is 0 Å². The number of likely N-dealkylation sites (N-methyl/N-ethyl adjacent to an activating group) is 1. The van der Waals surface area contributed by atoms with E-state index in [-0.39, 0.29) is 0 Å². The maximum atomic E-state index is 12.3. The SMILES string of the molecule is CCN(C(=O)CI)C1C2CCC(C2)C1c1ccccc1. The minimum absolute atomic E-state index is 0.312. The normalized spacial score (nSPS) is 31.5. The number of halogens is 1. The second-order valence-electron chi connectivity index (χ2n) is 6.07. The number of carbonyl (C=O) groups excluding carboxylic acids is 1. The van der Waals surface area contributed by atoms with Crippen molar-refractivity contribution in [1.29, 1.82) is 0 Å². The number of hydrogen-bond donors (Lipinski definition) is 0. The molecule has 2 nitrogen and oxygen atoms in total. The third-order valence-electron chi connectivity index (χ3n) is 5.19. The third-order valence-corrected chi connectivity index (χ3v) is 5.84. The average Bonchev–Trinajstić information content (AvgIpc) is 3.10. The molecular weight excluding hydrogens is 361 g/mol. The van der Waals surface area contributed by atoms with E-state index in [2.05, 4.69) is 64.7 Å². The Kier molecular flexibility index (Phi) is 4.34. The lowest BCUT2D eigenvalue weighted by Crippen LogP contribution is -2.47. The molecule has 2 fully saturated rings. The largest absolute Gasteiger partial charge is 0.338 e. The standard InChI is InChI=1S/C17H22INO/c1-2-19(15(20)11-18)17-14-9-8-13(10-14)16(17)12-6-4-3-5-7-12/h3-7,13-14,16-17H,2,8-11H2,1H3. The summed E-state index contributed by atoms with van der Waals surface area (Å²) >= 11 is 2.20. The van der Waals surface area contributed by atoms with Crippen LogP contribution in [0.25, 0.3) is 0 Å². The molecule has 0 aromatic heterocycles. The highest BCUT2D eigenvalue weighted by atomic mass is 127. The smallest absolute Gasteiger partial charge is 0.232 e. The van der Waals surface area contributed by atoms with Gasteiger partial charge in [-0.05, 0) is 43.6 Å². The van der Waals surface area contributed by atoms with Crippen LogP contribution in [0.4, 0.5) is 0 Å². The van der Waals surface area contributed by atoms with E-state index >= 15 is 0 Å². The number of benzene rings is 1. The molecule has 2 aliphatic carbocycles. The van der Waals surface area contributed by atoms with Crippen LogP contribution in [0.2, 0.25) is 0 Å². The van der Waals surface area contributed by atoms with Gasteiger partial charge in [-0.25, -0.2) is 0 Å². The van der Waals surface area contributed by atoms with Gasteiger partial charge in [0.05, 0.1) is 4.43 Å². The van der Waals surface area contributed by atoms with Gasteiger partial charge in [0, 0.05) is 18.5 Å². The highest BCUT2D eigenvalue weighted by Gasteiger charge is 2.50. The molecule has 0 saturated heterocycles. The van der Waals surface area contributed by atoms with E-state index in [4.69, 9.17) is 0 Å². The van der Waals surface area contributed by atoms with Crippen molar-refractivity contribution in [2.24, 2.45) is 11.8 Å². The Morgan fingerprint density at radius 1 is 1.25 bits per heavy atom. The second kappa shape index (κ2) is 6.04. The molecule has 4 atom stereocenters. The van der Waals surface area contributed by atoms with E-state index in [9.17, 15) is 4.79 Å². The van der Waals surface area contributed by atoms with Crippen LogP contribution in [0.15, 0.2) is 30.3 Å². The summed E-state index contributed by atoms with van der Waals surface area (Å²) in [6.07, 6.45) is 3.97. The summed E-state index contributed by atoms with van der Waals surface area (Å²) in [5.74, 6) is 2.37. The fourth-order valence-corrected chi connectivity index (χ4v) is 4.92. The predicted octanol–water partition coefficient (Wildman–Crippen LogP) is 3.85. The van der Waals surface area contributed by atoms with Gasteiger partial charge in [-0.2, -0.15) is 0 Å².